The van der Waals surface area contributed by atoms with E-state index in [4.69, 9.17) is 44.3 Å². The Morgan fingerprint density at radius 1 is 1.03 bits per heavy atom. The van der Waals surface area contributed by atoms with E-state index < -0.39 is 12.1 Å². The first-order valence-electron chi connectivity index (χ1n) is 12.7. The second-order valence-corrected chi connectivity index (χ2v) is 10.9. The standard InChI is InChI=1S/C27H33Cl3N4O4/c1-18(17-37-2)31-16-20-13-21(28)5-6-24(20)32-7-9-33(10-8-32)26(35)25(34-11-12-38-27(34)36)14-19-3-4-22(29)15-23(19)30/h3-6,13,15,18,25,31H,7-12,14,16-17H2,1-2H3. The summed E-state index contributed by atoms with van der Waals surface area (Å²) >= 11 is 18.8. The number of carbonyl (C=O) groups is 2. The lowest BCUT2D eigenvalue weighted by atomic mass is 10.0. The highest BCUT2D eigenvalue weighted by molar-refractivity contribution is 6.35. The molecule has 8 nitrogen and oxygen atoms in total. The second-order valence-electron chi connectivity index (χ2n) is 9.59. The fraction of sp³-hybridized carbons (Fsp3) is 0.481. The van der Waals surface area contributed by atoms with Crippen LogP contribution < -0.4 is 10.2 Å². The Morgan fingerprint density at radius 2 is 1.74 bits per heavy atom. The van der Waals surface area contributed by atoms with Gasteiger partial charge in [-0.15, -0.1) is 0 Å². The first-order valence-corrected chi connectivity index (χ1v) is 13.8. The van der Waals surface area contributed by atoms with Gasteiger partial charge in [0.25, 0.3) is 0 Å². The van der Waals surface area contributed by atoms with Crippen molar-refractivity contribution in [1.82, 2.24) is 15.1 Å². The Bertz CT molecular complexity index is 1140. The van der Waals surface area contributed by atoms with Crippen molar-refractivity contribution in [2.45, 2.75) is 32.0 Å². The molecule has 2 aromatic rings. The maximum atomic E-state index is 13.8. The zero-order chi connectivity index (χ0) is 27.2. The van der Waals surface area contributed by atoms with Crippen molar-refractivity contribution < 1.29 is 19.1 Å². The lowest BCUT2D eigenvalue weighted by Crippen LogP contribution is -2.56. The molecular weight excluding hydrogens is 551 g/mol. The molecule has 2 saturated heterocycles. The molecule has 206 valence electrons. The van der Waals surface area contributed by atoms with Gasteiger partial charge in [-0.3, -0.25) is 9.69 Å². The van der Waals surface area contributed by atoms with Crippen LogP contribution in [0.2, 0.25) is 15.1 Å². The van der Waals surface area contributed by atoms with Crippen LogP contribution in [0.5, 0.6) is 0 Å². The fourth-order valence-corrected chi connectivity index (χ4v) is 5.57. The molecule has 0 bridgehead atoms. The highest BCUT2D eigenvalue weighted by Crippen LogP contribution is 2.28. The van der Waals surface area contributed by atoms with E-state index in [1.807, 2.05) is 23.1 Å². The van der Waals surface area contributed by atoms with Crippen LogP contribution >= 0.6 is 34.8 Å². The van der Waals surface area contributed by atoms with E-state index in [1.165, 1.54) is 4.90 Å². The summed E-state index contributed by atoms with van der Waals surface area (Å²) in [6.07, 6.45) is -0.190. The van der Waals surface area contributed by atoms with Gasteiger partial charge in [-0.2, -0.15) is 0 Å². The molecule has 2 heterocycles. The molecule has 38 heavy (non-hydrogen) atoms. The number of hydrogen-bond acceptors (Lipinski definition) is 6. The number of benzene rings is 2. The number of rotatable bonds is 10. The van der Waals surface area contributed by atoms with Gasteiger partial charge < -0.3 is 24.6 Å². The van der Waals surface area contributed by atoms with Gasteiger partial charge >= 0.3 is 6.09 Å². The molecule has 2 aliphatic heterocycles. The van der Waals surface area contributed by atoms with E-state index in [0.717, 1.165) is 16.8 Å². The summed E-state index contributed by atoms with van der Waals surface area (Å²) < 4.78 is 10.4. The van der Waals surface area contributed by atoms with Gasteiger partial charge in [0.15, 0.2) is 0 Å². The molecule has 11 heteroatoms. The molecule has 0 radical (unpaired) electrons. The molecule has 2 aromatic carbocycles. The van der Waals surface area contributed by atoms with Gasteiger partial charge in [0, 0.05) is 73.1 Å². The summed E-state index contributed by atoms with van der Waals surface area (Å²) in [5, 5.41) is 5.14. The smallest absolute Gasteiger partial charge is 0.410 e. The van der Waals surface area contributed by atoms with E-state index >= 15 is 0 Å². The van der Waals surface area contributed by atoms with E-state index in [-0.39, 0.29) is 25.0 Å². The molecule has 4 rings (SSSR count). The highest BCUT2D eigenvalue weighted by atomic mass is 35.5. The van der Waals surface area contributed by atoms with E-state index in [9.17, 15) is 9.59 Å². The minimum atomic E-state index is -0.701. The minimum Gasteiger partial charge on any atom is -0.448 e. The monoisotopic (exact) mass is 582 g/mol. The number of carbonyl (C=O) groups excluding carboxylic acids is 2. The minimum absolute atomic E-state index is 0.110. The summed E-state index contributed by atoms with van der Waals surface area (Å²) in [4.78, 5) is 31.8. The third-order valence-electron chi connectivity index (χ3n) is 6.91. The highest BCUT2D eigenvalue weighted by Gasteiger charge is 2.38. The molecule has 0 aliphatic carbocycles. The molecule has 0 aromatic heterocycles. The lowest BCUT2D eigenvalue weighted by Gasteiger charge is -2.39. The number of amides is 2. The van der Waals surface area contributed by atoms with Gasteiger partial charge in [-0.1, -0.05) is 40.9 Å². The van der Waals surface area contributed by atoms with E-state index in [0.29, 0.717) is 60.9 Å². The van der Waals surface area contributed by atoms with Crippen LogP contribution in [-0.2, 0) is 27.2 Å². The van der Waals surface area contributed by atoms with Crippen LogP contribution in [0.25, 0.3) is 0 Å². The van der Waals surface area contributed by atoms with Crippen molar-refractivity contribution in [2.24, 2.45) is 0 Å². The fourth-order valence-electron chi connectivity index (χ4n) is 4.89. The first kappa shape index (κ1) is 28.8. The van der Waals surface area contributed by atoms with Crippen molar-refractivity contribution in [2.75, 3.05) is 57.9 Å². The molecule has 1 N–H and O–H groups in total. The van der Waals surface area contributed by atoms with Gasteiger partial charge in [0.05, 0.1) is 13.2 Å². The predicted octanol–water partition coefficient (Wildman–Crippen LogP) is 4.48. The van der Waals surface area contributed by atoms with Crippen molar-refractivity contribution in [3.8, 4) is 0 Å². The van der Waals surface area contributed by atoms with Crippen LogP contribution in [0.15, 0.2) is 36.4 Å². The molecule has 2 unspecified atom stereocenters. The summed E-state index contributed by atoms with van der Waals surface area (Å²) in [6, 6.07) is 10.6. The van der Waals surface area contributed by atoms with E-state index in [2.05, 4.69) is 17.1 Å². The second kappa shape index (κ2) is 13.2. The van der Waals surface area contributed by atoms with Gasteiger partial charge in [0.1, 0.15) is 12.6 Å². The largest absolute Gasteiger partial charge is 0.448 e. The molecule has 0 saturated carbocycles. The first-order chi connectivity index (χ1) is 18.3. The quantitative estimate of drug-likeness (QED) is 0.445. The van der Waals surface area contributed by atoms with Gasteiger partial charge in [-0.25, -0.2) is 4.79 Å². The summed E-state index contributed by atoms with van der Waals surface area (Å²) in [5.74, 6) is -0.110. The predicted molar refractivity (Wildman–Crippen MR) is 150 cm³/mol. The van der Waals surface area contributed by atoms with Crippen LogP contribution in [-0.4, -0.2) is 86.9 Å². The van der Waals surface area contributed by atoms with Crippen LogP contribution in [0.4, 0.5) is 10.5 Å². The number of methoxy groups -OCH3 is 1. The number of nitrogens with zero attached hydrogens (tertiary/aromatic N) is 3. The number of ether oxygens (including phenoxy) is 2. The number of piperazine rings is 1. The number of halogens is 3. The summed E-state index contributed by atoms with van der Waals surface area (Å²) in [6.45, 7) is 6.35. The molecule has 2 fully saturated rings. The molecular formula is C27H33Cl3N4O4. The number of cyclic esters (lactones) is 1. The van der Waals surface area contributed by atoms with Crippen LogP contribution in [0, 0.1) is 0 Å². The average molecular weight is 584 g/mol. The topological polar surface area (TPSA) is 74.3 Å². The normalized spacial score (nSPS) is 17.5. The molecule has 2 amide bonds. The van der Waals surface area contributed by atoms with Crippen molar-refractivity contribution in [3.63, 3.8) is 0 Å². The van der Waals surface area contributed by atoms with Crippen molar-refractivity contribution in [1.29, 1.82) is 0 Å². The molecule has 0 spiro atoms. The van der Waals surface area contributed by atoms with Crippen molar-refractivity contribution >= 4 is 52.5 Å². The van der Waals surface area contributed by atoms with Crippen molar-refractivity contribution in [3.05, 3.63) is 62.6 Å². The zero-order valence-corrected chi connectivity index (χ0v) is 23.9. The zero-order valence-electron chi connectivity index (χ0n) is 21.6. The third-order valence-corrected chi connectivity index (χ3v) is 7.74. The summed E-state index contributed by atoms with van der Waals surface area (Å²) in [7, 11) is 1.69. The number of anilines is 1. The van der Waals surface area contributed by atoms with E-state index in [1.54, 1.807) is 25.3 Å². The molecule has 2 aliphatic rings. The average Bonchev–Trinajstić information content (AvgIpc) is 3.32. The Hall–Kier alpha value is -2.23. The SMILES string of the molecule is COCC(C)NCc1cc(Cl)ccc1N1CCN(C(=O)C(Cc2ccc(Cl)cc2Cl)N2CCOC2=O)CC1. The Labute approximate surface area is 238 Å². The lowest BCUT2D eigenvalue weighted by molar-refractivity contribution is -0.136. The van der Waals surface area contributed by atoms with Crippen LogP contribution in [0.3, 0.4) is 0 Å². The van der Waals surface area contributed by atoms with Crippen LogP contribution in [0.1, 0.15) is 18.1 Å². The maximum absolute atomic E-state index is 13.8. The third kappa shape index (κ3) is 7.04. The Kier molecular flexibility index (Phi) is 10.0. The Balaban J connectivity index is 1.45. The van der Waals surface area contributed by atoms with Gasteiger partial charge in [0.2, 0.25) is 5.91 Å². The molecule has 2 atom stereocenters. The number of nitrogens with one attached hydrogen (secondary N) is 1. The maximum Gasteiger partial charge on any atom is 0.410 e. The number of hydrogen-bond donors (Lipinski definition) is 1. The Morgan fingerprint density at radius 3 is 2.39 bits per heavy atom. The summed E-state index contributed by atoms with van der Waals surface area (Å²) in [5.41, 5.74) is 2.94. The van der Waals surface area contributed by atoms with Gasteiger partial charge in [-0.05, 0) is 48.4 Å².